The van der Waals surface area contributed by atoms with Gasteiger partial charge in [0.25, 0.3) is 0 Å². The molecule has 0 saturated heterocycles. The summed E-state index contributed by atoms with van der Waals surface area (Å²) in [7, 11) is 0. The fourth-order valence-corrected chi connectivity index (χ4v) is 1.58. The number of allylic oxidation sites excluding steroid dienone is 2. The molecule has 0 aliphatic rings. The van der Waals surface area contributed by atoms with Crippen molar-refractivity contribution >= 4 is 5.78 Å². The van der Waals surface area contributed by atoms with Gasteiger partial charge in [-0.3, -0.25) is 14.8 Å². The third kappa shape index (κ3) is 6.41. The number of aliphatic hydroxyl groups is 1. The second kappa shape index (κ2) is 10.4. The number of hydrogen-bond acceptors (Lipinski definition) is 4. The summed E-state index contributed by atoms with van der Waals surface area (Å²) in [5.41, 5.74) is 0.791. The Kier molecular flexibility index (Phi) is 6.91. The SMILES string of the molecule is C/C=C/C(=O)c1ccccn1.[3H]C(C)CC([3H])(O)c1ccccn1. The van der Waals surface area contributed by atoms with Crippen molar-refractivity contribution in [2.45, 2.75) is 32.7 Å². The molecule has 2 rings (SSSR count). The van der Waals surface area contributed by atoms with Crippen molar-refractivity contribution in [3.63, 3.8) is 0 Å². The van der Waals surface area contributed by atoms with E-state index in [0.29, 0.717) is 11.4 Å². The average Bonchev–Trinajstić information content (AvgIpc) is 2.56. The van der Waals surface area contributed by atoms with Crippen LogP contribution in [0.1, 0.15) is 51.7 Å². The van der Waals surface area contributed by atoms with Crippen LogP contribution in [0.5, 0.6) is 0 Å². The quantitative estimate of drug-likeness (QED) is 0.675. The van der Waals surface area contributed by atoms with E-state index in [-0.39, 0.29) is 12.2 Å². The summed E-state index contributed by atoms with van der Waals surface area (Å²) in [4.78, 5) is 18.9. The third-order valence-corrected chi connectivity index (χ3v) is 2.59. The molecule has 0 bridgehead atoms. The maximum Gasteiger partial charge on any atom is 0.203 e. The van der Waals surface area contributed by atoms with Crippen molar-refractivity contribution in [3.05, 3.63) is 72.3 Å². The smallest absolute Gasteiger partial charge is 0.203 e. The lowest BCUT2D eigenvalue weighted by Crippen LogP contribution is -1.98. The van der Waals surface area contributed by atoms with Gasteiger partial charge in [-0.2, -0.15) is 0 Å². The highest BCUT2D eigenvalue weighted by molar-refractivity contribution is 6.02. The van der Waals surface area contributed by atoms with Crippen LogP contribution >= 0.6 is 0 Å². The first-order valence-corrected chi connectivity index (χ1v) is 7.01. The second-order valence-corrected chi connectivity index (χ2v) is 4.35. The van der Waals surface area contributed by atoms with E-state index in [1.54, 1.807) is 62.5 Å². The number of nitrogens with zero attached hydrogens (tertiary/aromatic N) is 2. The Balaban J connectivity index is 0.000000243. The van der Waals surface area contributed by atoms with E-state index in [9.17, 15) is 9.90 Å². The largest absolute Gasteiger partial charge is 0.387 e. The van der Waals surface area contributed by atoms with Crippen LogP contribution in [0.2, 0.25) is 0 Å². The topological polar surface area (TPSA) is 63.1 Å². The summed E-state index contributed by atoms with van der Waals surface area (Å²) in [5.74, 6) is -0.0481. The number of carbonyl (C=O) groups is 1. The Morgan fingerprint density at radius 3 is 2.50 bits per heavy atom. The van der Waals surface area contributed by atoms with Gasteiger partial charge in [0.05, 0.1) is 13.1 Å². The van der Waals surface area contributed by atoms with Crippen molar-refractivity contribution in [3.8, 4) is 0 Å². The van der Waals surface area contributed by atoms with Crippen LogP contribution in [-0.4, -0.2) is 20.9 Å². The molecule has 2 heterocycles. The molecule has 0 spiro atoms. The summed E-state index contributed by atoms with van der Waals surface area (Å²) in [6.07, 6.45) is 4.22. The molecule has 0 saturated carbocycles. The number of hydrogen-bond donors (Lipinski definition) is 1. The minimum absolute atomic E-state index is 0.0481. The van der Waals surface area contributed by atoms with Crippen LogP contribution in [0.3, 0.4) is 0 Å². The van der Waals surface area contributed by atoms with Gasteiger partial charge in [0.1, 0.15) is 5.69 Å². The number of carbonyl (C=O) groups excluding carboxylic acids is 1. The molecule has 2 aromatic heterocycles. The van der Waals surface area contributed by atoms with E-state index in [1.165, 1.54) is 12.3 Å². The fourth-order valence-electron chi connectivity index (χ4n) is 1.58. The molecular weight excluding hydrogens is 276 g/mol. The molecule has 2 unspecified atom stereocenters. The first kappa shape index (κ1) is 14.6. The van der Waals surface area contributed by atoms with Crippen molar-refractivity contribution in [1.82, 2.24) is 9.97 Å². The second-order valence-electron chi connectivity index (χ2n) is 4.35. The minimum atomic E-state index is -1.73. The molecular formula is C18H22N2O2. The van der Waals surface area contributed by atoms with Gasteiger partial charge in [-0.25, -0.2) is 0 Å². The highest BCUT2D eigenvalue weighted by atomic mass is 16.3. The molecule has 4 nitrogen and oxygen atoms in total. The predicted octanol–water partition coefficient (Wildman–Crippen LogP) is 3.76. The van der Waals surface area contributed by atoms with E-state index in [2.05, 4.69) is 9.97 Å². The Morgan fingerprint density at radius 1 is 1.32 bits per heavy atom. The van der Waals surface area contributed by atoms with Crippen molar-refractivity contribution in [2.24, 2.45) is 0 Å². The standard InChI is InChI=1S/C9H13NO.C9H9NO/c2*1-2-5-9(11)8-6-3-4-7-10-8/h3-4,6-7,9,11H,2,5H2,1H3;2-7H,1H3/b;5-2+/i2T,9T;. The third-order valence-electron chi connectivity index (χ3n) is 2.59. The van der Waals surface area contributed by atoms with Crippen molar-refractivity contribution in [2.75, 3.05) is 0 Å². The van der Waals surface area contributed by atoms with Crippen LogP contribution in [-0.2, 0) is 0 Å². The lowest BCUT2D eigenvalue weighted by Gasteiger charge is -2.06. The molecule has 2 aromatic rings. The predicted molar refractivity (Wildman–Crippen MR) is 87.5 cm³/mol. The molecule has 4 heteroatoms. The van der Waals surface area contributed by atoms with E-state index >= 15 is 0 Å². The Hall–Kier alpha value is -2.33. The fraction of sp³-hybridized carbons (Fsp3) is 0.278. The lowest BCUT2D eigenvalue weighted by molar-refractivity contribution is 0.104. The molecule has 0 aromatic carbocycles. The zero-order valence-corrected chi connectivity index (χ0v) is 12.8. The van der Waals surface area contributed by atoms with Crippen LogP contribution < -0.4 is 0 Å². The number of ketones is 1. The molecule has 0 amide bonds. The van der Waals surface area contributed by atoms with Crippen LogP contribution in [0.4, 0.5) is 0 Å². The van der Waals surface area contributed by atoms with Gasteiger partial charge < -0.3 is 5.11 Å². The summed E-state index contributed by atoms with van der Waals surface area (Å²) in [6, 6.07) is 10.3. The highest BCUT2D eigenvalue weighted by Gasteiger charge is 2.05. The zero-order chi connectivity index (χ0) is 18.0. The van der Waals surface area contributed by atoms with Gasteiger partial charge >= 0.3 is 0 Å². The molecule has 0 aliphatic heterocycles. The number of pyridine rings is 2. The zero-order valence-electron chi connectivity index (χ0n) is 14.8. The number of rotatable bonds is 5. The molecule has 116 valence electrons. The van der Waals surface area contributed by atoms with E-state index in [0.717, 1.165) is 0 Å². The van der Waals surface area contributed by atoms with Crippen LogP contribution in [0, 0.1) is 0 Å². The molecule has 0 radical (unpaired) electrons. The molecule has 22 heavy (non-hydrogen) atoms. The van der Waals surface area contributed by atoms with E-state index in [4.69, 9.17) is 2.74 Å². The Labute approximate surface area is 134 Å². The Bertz CT molecular complexity index is 645. The van der Waals surface area contributed by atoms with Crippen LogP contribution in [0.15, 0.2) is 60.9 Å². The first-order chi connectivity index (χ1) is 11.4. The van der Waals surface area contributed by atoms with Gasteiger partial charge in [-0.05, 0) is 43.7 Å². The van der Waals surface area contributed by atoms with Crippen LogP contribution in [0.25, 0.3) is 0 Å². The molecule has 0 fully saturated rings. The van der Waals surface area contributed by atoms with Gasteiger partial charge in [0.15, 0.2) is 0 Å². The maximum absolute atomic E-state index is 11.1. The lowest BCUT2D eigenvalue weighted by atomic mass is 10.1. The first-order valence-electron chi connectivity index (χ1n) is 8.08. The van der Waals surface area contributed by atoms with Crippen molar-refractivity contribution in [1.29, 1.82) is 0 Å². The monoisotopic (exact) mass is 302 g/mol. The summed E-state index contributed by atoms with van der Waals surface area (Å²) in [5, 5.41) is 9.64. The van der Waals surface area contributed by atoms with Gasteiger partial charge in [-0.1, -0.05) is 31.5 Å². The summed E-state index contributed by atoms with van der Waals surface area (Å²) < 4.78 is 14.8. The maximum atomic E-state index is 11.1. The molecule has 2 atom stereocenters. The Morgan fingerprint density at radius 2 is 2.00 bits per heavy atom. The minimum Gasteiger partial charge on any atom is -0.387 e. The molecule has 0 aliphatic carbocycles. The van der Waals surface area contributed by atoms with Crippen molar-refractivity contribution < 1.29 is 12.6 Å². The molecule has 1 N–H and O–H groups in total. The number of aromatic nitrogens is 2. The van der Waals surface area contributed by atoms with E-state index < -0.39 is 12.5 Å². The highest BCUT2D eigenvalue weighted by Crippen LogP contribution is 2.14. The summed E-state index contributed by atoms with van der Waals surface area (Å²) in [6.45, 7) is 3.45. The van der Waals surface area contributed by atoms with Gasteiger partial charge in [-0.15, -0.1) is 0 Å². The normalized spacial score (nSPS) is 15.8. The summed E-state index contributed by atoms with van der Waals surface area (Å²) >= 11 is 0. The van der Waals surface area contributed by atoms with Gasteiger partial charge in [0, 0.05) is 13.8 Å². The van der Waals surface area contributed by atoms with Gasteiger partial charge in [0.2, 0.25) is 5.78 Å². The van der Waals surface area contributed by atoms with E-state index in [1.807, 2.05) is 0 Å². The average molecular weight is 302 g/mol.